The van der Waals surface area contributed by atoms with Crippen molar-refractivity contribution in [1.29, 1.82) is 0 Å². The van der Waals surface area contributed by atoms with Crippen LogP contribution in [0.3, 0.4) is 0 Å². The molecular formula is C30H52O2Si. The number of hydrogen-bond acceptors (Lipinski definition) is 2. The molecule has 0 heterocycles. The molecule has 0 bridgehead atoms. The maximum absolute atomic E-state index is 10.2. The highest BCUT2D eigenvalue weighted by Gasteiger charge is 2.50. The predicted molar refractivity (Wildman–Crippen MR) is 145 cm³/mol. The molecule has 3 saturated carbocycles. The maximum atomic E-state index is 10.2. The molecule has 0 unspecified atom stereocenters. The molecule has 0 aromatic heterocycles. The standard InChI is InChI=1S/C30H52O2Si/c1-22(12-10-20-29(3,4)32-33(6,7)8)26-18-19-27-25(14-11-21-30(26,27)5)17-16-24-13-9-15-28(31)23(24)2/h16-17,22,26-28,31H,2,9-15,18-21H2,1,3-8H3/b24-16+,25-17+/t22-,26+,27-,28-,30+/m0/s1. The first-order valence-electron chi connectivity index (χ1n) is 13.8. The minimum absolute atomic E-state index is 0.0112. The Balaban J connectivity index is 1.62. The van der Waals surface area contributed by atoms with Crippen LogP contribution in [0, 0.1) is 23.2 Å². The van der Waals surface area contributed by atoms with Crippen LogP contribution in [0.15, 0.2) is 35.5 Å². The van der Waals surface area contributed by atoms with E-state index >= 15 is 0 Å². The van der Waals surface area contributed by atoms with Gasteiger partial charge in [-0.05, 0) is 126 Å². The maximum Gasteiger partial charge on any atom is 0.184 e. The van der Waals surface area contributed by atoms with Crippen molar-refractivity contribution >= 4 is 8.32 Å². The molecule has 0 radical (unpaired) electrons. The quantitative estimate of drug-likeness (QED) is 0.358. The molecule has 188 valence electrons. The number of rotatable bonds is 8. The van der Waals surface area contributed by atoms with E-state index < -0.39 is 8.32 Å². The van der Waals surface area contributed by atoms with Crippen molar-refractivity contribution in [3.63, 3.8) is 0 Å². The highest BCUT2D eigenvalue weighted by Crippen LogP contribution is 2.60. The summed E-state index contributed by atoms with van der Waals surface area (Å²) in [6, 6.07) is 0. The lowest BCUT2D eigenvalue weighted by Gasteiger charge is -2.44. The van der Waals surface area contributed by atoms with Crippen molar-refractivity contribution in [2.24, 2.45) is 23.2 Å². The van der Waals surface area contributed by atoms with E-state index in [0.717, 1.165) is 42.6 Å². The van der Waals surface area contributed by atoms with Gasteiger partial charge in [0.1, 0.15) is 0 Å². The highest BCUT2D eigenvalue weighted by molar-refractivity contribution is 6.69. The third-order valence-electron chi connectivity index (χ3n) is 8.98. The van der Waals surface area contributed by atoms with Crippen molar-refractivity contribution in [3.8, 4) is 0 Å². The lowest BCUT2D eigenvalue weighted by Crippen LogP contribution is -2.38. The summed E-state index contributed by atoms with van der Waals surface area (Å²) in [5.74, 6) is 2.36. The molecule has 3 aliphatic carbocycles. The van der Waals surface area contributed by atoms with Crippen molar-refractivity contribution in [2.75, 3.05) is 0 Å². The van der Waals surface area contributed by atoms with Gasteiger partial charge in [0.2, 0.25) is 0 Å². The van der Waals surface area contributed by atoms with Crippen LogP contribution >= 0.6 is 0 Å². The molecule has 2 nitrogen and oxygen atoms in total. The van der Waals surface area contributed by atoms with Gasteiger partial charge in [-0.15, -0.1) is 0 Å². The van der Waals surface area contributed by atoms with Gasteiger partial charge < -0.3 is 9.53 Å². The van der Waals surface area contributed by atoms with E-state index in [1.165, 1.54) is 56.9 Å². The predicted octanol–water partition coefficient (Wildman–Crippen LogP) is 8.59. The van der Waals surface area contributed by atoms with Crippen LogP contribution in [0.4, 0.5) is 0 Å². The second kappa shape index (κ2) is 10.5. The summed E-state index contributed by atoms with van der Waals surface area (Å²) in [6.07, 6.45) is 17.9. The van der Waals surface area contributed by atoms with Crippen LogP contribution in [-0.2, 0) is 4.43 Å². The fourth-order valence-corrected chi connectivity index (χ4v) is 9.34. The minimum Gasteiger partial charge on any atom is -0.413 e. The SMILES string of the molecule is C=C1/C(=C/C=C2\CCC[C@]3(C)[C@@H]([C@@H](C)CCCC(C)(C)O[Si](C)(C)C)CC[C@@H]23)CCC[C@@H]1O. The lowest BCUT2D eigenvalue weighted by atomic mass is 9.60. The van der Waals surface area contributed by atoms with Gasteiger partial charge >= 0.3 is 0 Å². The van der Waals surface area contributed by atoms with Gasteiger partial charge in [0.05, 0.1) is 11.7 Å². The first-order chi connectivity index (χ1) is 15.3. The number of allylic oxidation sites excluding steroid dienone is 3. The van der Waals surface area contributed by atoms with Crippen LogP contribution in [-0.4, -0.2) is 25.1 Å². The third kappa shape index (κ3) is 6.73. The zero-order valence-electron chi connectivity index (χ0n) is 22.8. The van der Waals surface area contributed by atoms with Gasteiger partial charge in [-0.1, -0.05) is 51.0 Å². The molecule has 33 heavy (non-hydrogen) atoms. The summed E-state index contributed by atoms with van der Waals surface area (Å²) < 4.78 is 6.45. The van der Waals surface area contributed by atoms with E-state index in [2.05, 4.69) is 66.1 Å². The van der Waals surface area contributed by atoms with Gasteiger partial charge in [0.25, 0.3) is 0 Å². The molecule has 0 aromatic rings. The number of aliphatic hydroxyl groups is 1. The smallest absolute Gasteiger partial charge is 0.184 e. The van der Waals surface area contributed by atoms with Crippen molar-refractivity contribution in [1.82, 2.24) is 0 Å². The van der Waals surface area contributed by atoms with Gasteiger partial charge in [0, 0.05) is 0 Å². The molecule has 3 aliphatic rings. The largest absolute Gasteiger partial charge is 0.413 e. The fourth-order valence-electron chi connectivity index (χ4n) is 7.58. The zero-order chi connectivity index (χ0) is 24.4. The summed E-state index contributed by atoms with van der Waals surface area (Å²) in [7, 11) is -1.50. The second-order valence-electron chi connectivity index (χ2n) is 13.3. The molecule has 0 spiro atoms. The third-order valence-corrected chi connectivity index (χ3v) is 10.1. The van der Waals surface area contributed by atoms with Crippen LogP contribution in [0.1, 0.15) is 98.3 Å². The highest BCUT2D eigenvalue weighted by atomic mass is 28.4. The average molecular weight is 473 g/mol. The Morgan fingerprint density at radius 1 is 1.15 bits per heavy atom. The Kier molecular flexibility index (Phi) is 8.61. The first-order valence-corrected chi connectivity index (χ1v) is 17.2. The normalized spacial score (nSPS) is 34.7. The van der Waals surface area contributed by atoms with E-state index in [9.17, 15) is 5.11 Å². The Morgan fingerprint density at radius 2 is 1.88 bits per heavy atom. The van der Waals surface area contributed by atoms with Crippen molar-refractivity contribution < 1.29 is 9.53 Å². The summed E-state index contributed by atoms with van der Waals surface area (Å²) in [5, 5.41) is 10.2. The van der Waals surface area contributed by atoms with Gasteiger partial charge in [-0.2, -0.15) is 0 Å². The van der Waals surface area contributed by atoms with E-state index in [4.69, 9.17) is 4.43 Å². The van der Waals surface area contributed by atoms with Gasteiger partial charge in [-0.25, -0.2) is 0 Å². The van der Waals surface area contributed by atoms with Gasteiger partial charge in [-0.3, -0.25) is 0 Å². The molecule has 5 atom stereocenters. The Hall–Kier alpha value is -0.643. The van der Waals surface area contributed by atoms with Crippen LogP contribution in [0.25, 0.3) is 0 Å². The topological polar surface area (TPSA) is 29.5 Å². The summed E-state index contributed by atoms with van der Waals surface area (Å²) in [6.45, 7) is 20.8. The molecule has 0 aromatic carbocycles. The molecular weight excluding hydrogens is 420 g/mol. The number of fused-ring (bicyclic) bond motifs is 1. The molecule has 0 saturated heterocycles. The van der Waals surface area contributed by atoms with E-state index in [0.29, 0.717) is 5.41 Å². The fraction of sp³-hybridized carbons (Fsp3) is 0.800. The monoisotopic (exact) mass is 472 g/mol. The van der Waals surface area contributed by atoms with Crippen molar-refractivity contribution in [3.05, 3.63) is 35.5 Å². The Bertz CT molecular complexity index is 756. The second-order valence-corrected chi connectivity index (χ2v) is 17.7. The molecule has 0 amide bonds. The van der Waals surface area contributed by atoms with Crippen LogP contribution in [0.5, 0.6) is 0 Å². The first kappa shape index (κ1) is 27.0. The molecule has 1 N–H and O–H groups in total. The summed E-state index contributed by atoms with van der Waals surface area (Å²) in [4.78, 5) is 0. The number of aliphatic hydroxyl groups excluding tert-OH is 1. The average Bonchev–Trinajstić information content (AvgIpc) is 3.04. The number of hydrogen-bond donors (Lipinski definition) is 1. The molecule has 0 aliphatic heterocycles. The summed E-state index contributed by atoms with van der Waals surface area (Å²) >= 11 is 0. The minimum atomic E-state index is -1.50. The molecule has 3 rings (SSSR count). The van der Waals surface area contributed by atoms with Crippen LogP contribution < -0.4 is 0 Å². The van der Waals surface area contributed by atoms with E-state index in [-0.39, 0.29) is 11.7 Å². The van der Waals surface area contributed by atoms with E-state index in [1.54, 1.807) is 5.57 Å². The molecule has 3 heteroatoms. The Morgan fingerprint density at radius 3 is 2.58 bits per heavy atom. The lowest BCUT2D eigenvalue weighted by molar-refractivity contribution is 0.0735. The van der Waals surface area contributed by atoms with Crippen LogP contribution in [0.2, 0.25) is 19.6 Å². The van der Waals surface area contributed by atoms with Crippen molar-refractivity contribution in [2.45, 2.75) is 130 Å². The Labute approximate surface area is 206 Å². The molecule has 3 fully saturated rings. The zero-order valence-corrected chi connectivity index (χ0v) is 23.8. The van der Waals surface area contributed by atoms with Gasteiger partial charge in [0.15, 0.2) is 8.32 Å². The van der Waals surface area contributed by atoms with E-state index in [1.807, 2.05) is 0 Å². The summed E-state index contributed by atoms with van der Waals surface area (Å²) in [5.41, 5.74) is 4.37.